The van der Waals surface area contributed by atoms with Crippen LogP contribution in [0.3, 0.4) is 0 Å². The summed E-state index contributed by atoms with van der Waals surface area (Å²) in [6.45, 7) is 9.24. The second kappa shape index (κ2) is 12.6. The Kier molecular flexibility index (Phi) is 10.1. The molecule has 0 aliphatic rings. The zero-order chi connectivity index (χ0) is 26.2. The molecule has 0 spiro atoms. The quantitative estimate of drug-likeness (QED) is 0.224. The van der Waals surface area contributed by atoms with Crippen molar-refractivity contribution in [1.82, 2.24) is 24.9 Å². The van der Waals surface area contributed by atoms with E-state index in [4.69, 9.17) is 4.74 Å². The predicted molar refractivity (Wildman–Crippen MR) is 128 cm³/mol. The third kappa shape index (κ3) is 8.28. The lowest BCUT2D eigenvalue weighted by Crippen LogP contribution is -2.39. The molecule has 0 fully saturated rings. The van der Waals surface area contributed by atoms with E-state index in [0.717, 1.165) is 6.20 Å². The second-order valence-electron chi connectivity index (χ2n) is 7.69. The van der Waals surface area contributed by atoms with Crippen LogP contribution >= 0.6 is 9.24 Å². The van der Waals surface area contributed by atoms with E-state index in [1.54, 1.807) is 25.7 Å². The largest absolute Gasteiger partial charge is 0.476 e. The molecule has 0 bridgehead atoms. The fourth-order valence-corrected chi connectivity index (χ4v) is 3.28. The van der Waals surface area contributed by atoms with Gasteiger partial charge in [0.05, 0.1) is 24.7 Å². The Morgan fingerprint density at radius 3 is 2.60 bits per heavy atom. The summed E-state index contributed by atoms with van der Waals surface area (Å²) in [6.07, 6.45) is 6.60. The molecule has 35 heavy (non-hydrogen) atoms. The van der Waals surface area contributed by atoms with E-state index in [2.05, 4.69) is 21.8 Å². The summed E-state index contributed by atoms with van der Waals surface area (Å²) >= 11 is 0. The number of halogens is 4. The zero-order valence-corrected chi connectivity index (χ0v) is 20.9. The topological polar surface area (TPSA) is 73.1 Å². The first-order valence-electron chi connectivity index (χ1n) is 10.8. The Morgan fingerprint density at radius 1 is 1.37 bits per heavy atom. The van der Waals surface area contributed by atoms with E-state index in [0.29, 0.717) is 24.7 Å². The van der Waals surface area contributed by atoms with Gasteiger partial charge in [0.1, 0.15) is 5.83 Å². The fourth-order valence-electron chi connectivity index (χ4n) is 3.13. The van der Waals surface area contributed by atoms with Gasteiger partial charge in [-0.05, 0) is 44.6 Å². The van der Waals surface area contributed by atoms with Crippen molar-refractivity contribution in [2.24, 2.45) is 0 Å². The molecule has 7 nitrogen and oxygen atoms in total. The van der Waals surface area contributed by atoms with Gasteiger partial charge in [0, 0.05) is 37.2 Å². The summed E-state index contributed by atoms with van der Waals surface area (Å²) in [5, 5.41) is 7.82. The smallest absolute Gasteiger partial charge is 0.285 e. The molecule has 0 aromatic carbocycles. The van der Waals surface area contributed by atoms with Gasteiger partial charge in [0.2, 0.25) is 11.8 Å². The number of nitrogens with zero attached hydrogens (tertiary/aromatic N) is 5. The number of pyridine rings is 1. The molecule has 0 radical (unpaired) electrons. The number of ether oxygens (including phenoxy) is 1. The van der Waals surface area contributed by atoms with Crippen LogP contribution in [0.2, 0.25) is 0 Å². The Morgan fingerprint density at radius 2 is 2.03 bits per heavy atom. The highest BCUT2D eigenvalue weighted by molar-refractivity contribution is 7.17. The van der Waals surface area contributed by atoms with Crippen molar-refractivity contribution in [1.29, 1.82) is 0 Å². The lowest BCUT2D eigenvalue weighted by molar-refractivity contribution is -0.132. The molecular weight excluding hydrogens is 485 g/mol. The molecule has 2 aromatic heterocycles. The lowest BCUT2D eigenvalue weighted by atomic mass is 10.1. The molecule has 0 aliphatic carbocycles. The maximum atomic E-state index is 14.5. The van der Waals surface area contributed by atoms with Crippen LogP contribution in [-0.4, -0.2) is 50.0 Å². The van der Waals surface area contributed by atoms with Gasteiger partial charge in [0.15, 0.2) is 5.82 Å². The monoisotopic (exact) mass is 513 g/mol. The number of allylic oxidation sites excluding steroid dienone is 4. The molecule has 2 heterocycles. The summed E-state index contributed by atoms with van der Waals surface area (Å²) in [4.78, 5) is 19.0. The van der Waals surface area contributed by atoms with Crippen molar-refractivity contribution in [2.45, 2.75) is 45.3 Å². The molecule has 0 saturated carbocycles. The van der Waals surface area contributed by atoms with E-state index in [1.165, 1.54) is 38.6 Å². The number of alkyl halides is 2. The van der Waals surface area contributed by atoms with Crippen molar-refractivity contribution in [3.05, 3.63) is 66.2 Å². The highest BCUT2D eigenvalue weighted by Crippen LogP contribution is 2.35. The van der Waals surface area contributed by atoms with E-state index < -0.39 is 28.8 Å². The Balaban J connectivity index is 1.90. The first-order valence-corrected chi connectivity index (χ1v) is 11.4. The highest BCUT2D eigenvalue weighted by atomic mass is 31.0. The van der Waals surface area contributed by atoms with Crippen LogP contribution in [0.1, 0.15) is 39.2 Å². The molecule has 0 aliphatic heterocycles. The Hall–Kier alpha value is -3.07. The predicted octanol–water partition coefficient (Wildman–Crippen LogP) is 5.10. The molecule has 2 atom stereocenters. The minimum atomic E-state index is -3.30. The summed E-state index contributed by atoms with van der Waals surface area (Å²) in [5.74, 6) is -2.27. The SMILES string of the molecule is C=C(/C=C(C)\C(F)=C/CC(=O)N(CC)[C@@H](C)CCOc1ncc(C(F)(F)P)cc1F)n1nccn1. The molecular formula is C23H28F4N5O2P. The Bertz CT molecular complexity index is 1080. The van der Waals surface area contributed by atoms with Crippen LogP contribution < -0.4 is 4.74 Å². The van der Waals surface area contributed by atoms with E-state index in [-0.39, 0.29) is 30.5 Å². The normalized spacial score (nSPS) is 13.5. The lowest BCUT2D eigenvalue weighted by Gasteiger charge is -2.28. The molecule has 2 rings (SSSR count). The standard InChI is InChI=1S/C23H28F4N5O2P/c1-5-31(16(3)8-11-34-22-20(25)13-18(14-28-22)23(26,27)35)21(33)7-6-19(24)15(2)12-17(4)32-29-9-10-30-32/h6,9-10,12-14,16H,4-5,7-8,11,35H2,1-3H3/b15-12-,19-6+/t16-/m0/s1. The first-order chi connectivity index (χ1) is 16.4. The van der Waals surface area contributed by atoms with E-state index in [9.17, 15) is 22.4 Å². The summed E-state index contributed by atoms with van der Waals surface area (Å²) in [6, 6.07) is 0.365. The summed E-state index contributed by atoms with van der Waals surface area (Å²) in [5.41, 5.74) is -3.24. The van der Waals surface area contributed by atoms with E-state index in [1.807, 2.05) is 0 Å². The Labute approximate surface area is 203 Å². The number of hydrogen-bond acceptors (Lipinski definition) is 5. The molecule has 0 saturated heterocycles. The van der Waals surface area contributed by atoms with Gasteiger partial charge < -0.3 is 9.64 Å². The van der Waals surface area contributed by atoms with Crippen molar-refractivity contribution in [2.75, 3.05) is 13.2 Å². The minimum absolute atomic E-state index is 0.00109. The van der Waals surface area contributed by atoms with Gasteiger partial charge in [-0.1, -0.05) is 15.8 Å². The fraction of sp³-hybridized carbons (Fsp3) is 0.391. The van der Waals surface area contributed by atoms with Crippen LogP contribution in [-0.2, 0) is 10.5 Å². The van der Waals surface area contributed by atoms with Crippen molar-refractivity contribution in [3.8, 4) is 5.88 Å². The molecule has 190 valence electrons. The minimum Gasteiger partial charge on any atom is -0.476 e. The van der Waals surface area contributed by atoms with Gasteiger partial charge in [-0.3, -0.25) is 4.79 Å². The second-order valence-corrected chi connectivity index (χ2v) is 8.42. The molecule has 1 amide bonds. The third-order valence-corrected chi connectivity index (χ3v) is 5.38. The van der Waals surface area contributed by atoms with E-state index >= 15 is 0 Å². The van der Waals surface area contributed by atoms with Crippen molar-refractivity contribution < 1.29 is 27.1 Å². The van der Waals surface area contributed by atoms with Crippen LogP contribution in [0, 0.1) is 5.82 Å². The first kappa shape index (κ1) is 28.2. The zero-order valence-electron chi connectivity index (χ0n) is 19.7. The highest BCUT2D eigenvalue weighted by Gasteiger charge is 2.26. The molecule has 1 unspecified atom stereocenters. The maximum absolute atomic E-state index is 14.5. The maximum Gasteiger partial charge on any atom is 0.285 e. The van der Waals surface area contributed by atoms with Crippen LogP contribution in [0.5, 0.6) is 5.88 Å². The number of hydrogen-bond donors (Lipinski definition) is 0. The van der Waals surface area contributed by atoms with Crippen molar-refractivity contribution >= 4 is 20.8 Å². The van der Waals surface area contributed by atoms with Crippen molar-refractivity contribution in [3.63, 3.8) is 0 Å². The molecule has 12 heteroatoms. The molecule has 2 aromatic rings. The average molecular weight is 513 g/mol. The van der Waals surface area contributed by atoms with Gasteiger partial charge in [-0.15, -0.1) is 0 Å². The van der Waals surface area contributed by atoms with Gasteiger partial charge in [0.25, 0.3) is 5.66 Å². The third-order valence-electron chi connectivity index (χ3n) is 5.05. The van der Waals surface area contributed by atoms with Gasteiger partial charge in [-0.25, -0.2) is 13.8 Å². The van der Waals surface area contributed by atoms with Gasteiger partial charge in [-0.2, -0.15) is 23.8 Å². The average Bonchev–Trinajstić information content (AvgIpc) is 3.33. The number of amides is 1. The van der Waals surface area contributed by atoms with Crippen LogP contribution in [0.25, 0.3) is 5.70 Å². The van der Waals surface area contributed by atoms with Crippen LogP contribution in [0.15, 0.2) is 54.8 Å². The summed E-state index contributed by atoms with van der Waals surface area (Å²) < 4.78 is 60.2. The van der Waals surface area contributed by atoms with Gasteiger partial charge >= 0.3 is 0 Å². The summed E-state index contributed by atoms with van der Waals surface area (Å²) in [7, 11) is 1.31. The number of carbonyl (C=O) groups is 1. The number of rotatable bonds is 12. The number of aromatic nitrogens is 4. The number of carbonyl (C=O) groups excluding carboxylic acids is 1. The van der Waals surface area contributed by atoms with Crippen LogP contribution in [0.4, 0.5) is 17.6 Å². The molecule has 0 N–H and O–H groups in total.